The lowest BCUT2D eigenvalue weighted by Gasteiger charge is -2.05. The lowest BCUT2D eigenvalue weighted by atomic mass is 10.2. The maximum Gasteiger partial charge on any atom is 0.134 e. The van der Waals surface area contributed by atoms with Gasteiger partial charge in [-0.3, -0.25) is 0 Å². The van der Waals surface area contributed by atoms with E-state index in [4.69, 9.17) is 0 Å². The van der Waals surface area contributed by atoms with Gasteiger partial charge in [0.05, 0.1) is 0 Å². The number of nitrogens with zero attached hydrogens (tertiary/aromatic N) is 2. The van der Waals surface area contributed by atoms with Crippen LogP contribution in [-0.2, 0) is 5.75 Å². The highest BCUT2D eigenvalue weighted by Crippen LogP contribution is 2.29. The molecule has 18 heavy (non-hydrogen) atoms. The van der Waals surface area contributed by atoms with Gasteiger partial charge >= 0.3 is 0 Å². The normalized spacial score (nSPS) is 10.6. The van der Waals surface area contributed by atoms with Crippen LogP contribution in [0.3, 0.4) is 0 Å². The molecule has 2 rings (SSSR count). The fraction of sp³-hybridized carbons (Fsp3) is 0.385. The standard InChI is InChI=1S/C13H17N3S2/c1-3-8-14-13-11(15-16-18-13)9-17-12-7-5-4-6-10(12)2/h4-7,14H,3,8-9H2,1-2H3. The molecule has 0 fully saturated rings. The average molecular weight is 279 g/mol. The molecule has 1 N–H and O–H groups in total. The van der Waals surface area contributed by atoms with Gasteiger partial charge in [-0.1, -0.05) is 29.6 Å². The van der Waals surface area contributed by atoms with E-state index < -0.39 is 0 Å². The summed E-state index contributed by atoms with van der Waals surface area (Å²) in [5.74, 6) is 0.868. The Labute approximate surface area is 116 Å². The van der Waals surface area contributed by atoms with Crippen LogP contribution in [-0.4, -0.2) is 16.1 Å². The van der Waals surface area contributed by atoms with Crippen molar-refractivity contribution in [3.8, 4) is 0 Å². The van der Waals surface area contributed by atoms with Crippen molar-refractivity contribution in [2.24, 2.45) is 0 Å². The third-order valence-electron chi connectivity index (χ3n) is 2.55. The van der Waals surface area contributed by atoms with Crippen LogP contribution < -0.4 is 5.32 Å². The van der Waals surface area contributed by atoms with Crippen molar-refractivity contribution >= 4 is 28.3 Å². The minimum atomic E-state index is 0.868. The summed E-state index contributed by atoms with van der Waals surface area (Å²) in [7, 11) is 0. The molecular formula is C13H17N3S2. The highest BCUT2D eigenvalue weighted by atomic mass is 32.2. The second kappa shape index (κ2) is 6.75. The van der Waals surface area contributed by atoms with Crippen LogP contribution in [0.25, 0.3) is 0 Å². The molecule has 0 aliphatic rings. The molecule has 0 unspecified atom stereocenters. The van der Waals surface area contributed by atoms with Crippen molar-refractivity contribution in [3.63, 3.8) is 0 Å². The molecule has 96 valence electrons. The predicted molar refractivity (Wildman–Crippen MR) is 79.4 cm³/mol. The highest BCUT2D eigenvalue weighted by molar-refractivity contribution is 7.98. The Balaban J connectivity index is 1.98. The van der Waals surface area contributed by atoms with Crippen LogP contribution >= 0.6 is 23.3 Å². The number of benzene rings is 1. The van der Waals surface area contributed by atoms with E-state index in [1.54, 1.807) is 0 Å². The Bertz CT molecular complexity index is 496. The summed E-state index contributed by atoms with van der Waals surface area (Å²) in [6.07, 6.45) is 1.11. The summed E-state index contributed by atoms with van der Waals surface area (Å²) in [4.78, 5) is 1.31. The maximum absolute atomic E-state index is 4.20. The van der Waals surface area contributed by atoms with Gasteiger partial charge in [0.1, 0.15) is 10.7 Å². The second-order valence-electron chi connectivity index (χ2n) is 4.03. The van der Waals surface area contributed by atoms with Crippen molar-refractivity contribution in [3.05, 3.63) is 35.5 Å². The molecule has 5 heteroatoms. The smallest absolute Gasteiger partial charge is 0.134 e. The molecule has 2 aromatic rings. The molecule has 1 heterocycles. The molecule has 0 aliphatic heterocycles. The van der Waals surface area contributed by atoms with E-state index in [2.05, 4.69) is 53.0 Å². The zero-order valence-electron chi connectivity index (χ0n) is 10.6. The largest absolute Gasteiger partial charge is 0.374 e. The fourth-order valence-electron chi connectivity index (χ4n) is 1.54. The molecule has 0 aliphatic carbocycles. The van der Waals surface area contributed by atoms with Crippen LogP contribution in [0, 0.1) is 6.92 Å². The molecule has 0 saturated carbocycles. The first-order valence-corrected chi connectivity index (χ1v) is 7.80. The van der Waals surface area contributed by atoms with Crippen molar-refractivity contribution in [1.29, 1.82) is 0 Å². The fourth-order valence-corrected chi connectivity index (χ4v) is 3.20. The summed E-state index contributed by atoms with van der Waals surface area (Å²) in [5, 5.41) is 8.68. The summed E-state index contributed by atoms with van der Waals surface area (Å²) < 4.78 is 4.03. The Morgan fingerprint density at radius 3 is 2.94 bits per heavy atom. The van der Waals surface area contributed by atoms with E-state index in [-0.39, 0.29) is 0 Å². The van der Waals surface area contributed by atoms with E-state index in [0.717, 1.165) is 29.4 Å². The van der Waals surface area contributed by atoms with Gasteiger partial charge < -0.3 is 5.32 Å². The molecule has 1 aromatic carbocycles. The van der Waals surface area contributed by atoms with Gasteiger partial charge in [0.15, 0.2) is 0 Å². The highest BCUT2D eigenvalue weighted by Gasteiger charge is 2.08. The molecule has 0 amide bonds. The van der Waals surface area contributed by atoms with Gasteiger partial charge in [0.2, 0.25) is 0 Å². The van der Waals surface area contributed by atoms with E-state index in [1.165, 1.54) is 22.0 Å². The average Bonchev–Trinajstić information content (AvgIpc) is 2.83. The van der Waals surface area contributed by atoms with Gasteiger partial charge in [-0.25, -0.2) is 0 Å². The van der Waals surface area contributed by atoms with Gasteiger partial charge in [-0.15, -0.1) is 16.9 Å². The minimum Gasteiger partial charge on any atom is -0.374 e. The lowest BCUT2D eigenvalue weighted by Crippen LogP contribution is -2.00. The second-order valence-corrected chi connectivity index (χ2v) is 5.80. The molecule has 1 aromatic heterocycles. The SMILES string of the molecule is CCCNc1snnc1CSc1ccccc1C. The van der Waals surface area contributed by atoms with E-state index in [9.17, 15) is 0 Å². The number of hydrogen-bond donors (Lipinski definition) is 1. The first-order chi connectivity index (χ1) is 8.81. The Morgan fingerprint density at radius 2 is 2.17 bits per heavy atom. The van der Waals surface area contributed by atoms with E-state index in [1.807, 2.05) is 11.8 Å². The third kappa shape index (κ3) is 3.46. The summed E-state index contributed by atoms with van der Waals surface area (Å²) >= 11 is 3.26. The van der Waals surface area contributed by atoms with Crippen molar-refractivity contribution in [1.82, 2.24) is 9.59 Å². The van der Waals surface area contributed by atoms with Crippen LogP contribution in [0.4, 0.5) is 5.00 Å². The number of nitrogens with one attached hydrogen (secondary N) is 1. The summed E-state index contributed by atoms with van der Waals surface area (Å²) in [6.45, 7) is 5.27. The van der Waals surface area contributed by atoms with Crippen molar-refractivity contribution in [2.45, 2.75) is 30.9 Å². The number of hydrogen-bond acceptors (Lipinski definition) is 5. The molecule has 0 saturated heterocycles. The Hall–Kier alpha value is -1.07. The third-order valence-corrected chi connectivity index (χ3v) is 4.46. The summed E-state index contributed by atoms with van der Waals surface area (Å²) in [5.41, 5.74) is 2.37. The first kappa shape index (κ1) is 13.4. The molecule has 0 radical (unpaired) electrons. The van der Waals surface area contributed by atoms with Crippen molar-refractivity contribution < 1.29 is 0 Å². The topological polar surface area (TPSA) is 37.8 Å². The first-order valence-electron chi connectivity index (χ1n) is 6.04. The van der Waals surface area contributed by atoms with Crippen molar-refractivity contribution in [2.75, 3.05) is 11.9 Å². The molecular weight excluding hydrogens is 262 g/mol. The van der Waals surface area contributed by atoms with Gasteiger partial charge in [-0.2, -0.15) is 0 Å². The molecule has 0 bridgehead atoms. The van der Waals surface area contributed by atoms with E-state index >= 15 is 0 Å². The monoisotopic (exact) mass is 279 g/mol. The number of rotatable bonds is 6. The van der Waals surface area contributed by atoms with Crippen LogP contribution in [0.5, 0.6) is 0 Å². The number of aryl methyl sites for hydroxylation is 1. The van der Waals surface area contributed by atoms with Crippen LogP contribution in [0.15, 0.2) is 29.2 Å². The van der Waals surface area contributed by atoms with Crippen LogP contribution in [0.1, 0.15) is 24.6 Å². The number of anilines is 1. The lowest BCUT2D eigenvalue weighted by molar-refractivity contribution is 0.976. The van der Waals surface area contributed by atoms with Gasteiger partial charge in [0, 0.05) is 28.7 Å². The zero-order chi connectivity index (χ0) is 12.8. The molecule has 0 atom stereocenters. The van der Waals surface area contributed by atoms with Crippen LogP contribution in [0.2, 0.25) is 0 Å². The molecule has 0 spiro atoms. The quantitative estimate of drug-likeness (QED) is 0.812. The van der Waals surface area contributed by atoms with E-state index in [0.29, 0.717) is 0 Å². The Morgan fingerprint density at radius 1 is 1.33 bits per heavy atom. The van der Waals surface area contributed by atoms with Gasteiger partial charge in [-0.05, 0) is 25.0 Å². The number of thioether (sulfide) groups is 1. The summed E-state index contributed by atoms with van der Waals surface area (Å²) in [6, 6.07) is 8.43. The zero-order valence-corrected chi connectivity index (χ0v) is 12.3. The molecule has 3 nitrogen and oxygen atoms in total. The number of aromatic nitrogens is 2. The Kier molecular flexibility index (Phi) is 5.01. The minimum absolute atomic E-state index is 0.868. The van der Waals surface area contributed by atoms with Gasteiger partial charge in [0.25, 0.3) is 0 Å². The predicted octanol–water partition coefficient (Wildman–Crippen LogP) is 3.96. The maximum atomic E-state index is 4.20.